The van der Waals surface area contributed by atoms with Crippen LogP contribution >= 0.6 is 0 Å². The molecule has 102 valence electrons. The van der Waals surface area contributed by atoms with Gasteiger partial charge < -0.3 is 4.74 Å². The SMILES string of the molecule is CCC(C)(C)C(C)OCc1ccc2ccccc2c1. The molecule has 0 saturated carbocycles. The standard InChI is InChI=1S/C18H24O/c1-5-18(3,4)14(2)19-13-15-10-11-16-8-6-7-9-17(16)12-15/h6-12,14H,5,13H2,1-4H3. The zero-order valence-electron chi connectivity index (χ0n) is 12.4. The lowest BCUT2D eigenvalue weighted by Crippen LogP contribution is -2.28. The predicted octanol–water partition coefficient (Wildman–Crippen LogP) is 5.18. The van der Waals surface area contributed by atoms with E-state index in [-0.39, 0.29) is 11.5 Å². The quantitative estimate of drug-likeness (QED) is 0.716. The molecule has 1 unspecified atom stereocenters. The molecule has 0 aliphatic rings. The Labute approximate surface area is 116 Å². The Morgan fingerprint density at radius 3 is 2.42 bits per heavy atom. The van der Waals surface area contributed by atoms with E-state index in [9.17, 15) is 0 Å². The second kappa shape index (κ2) is 5.75. The first kappa shape index (κ1) is 14.1. The van der Waals surface area contributed by atoms with Gasteiger partial charge in [0.1, 0.15) is 0 Å². The van der Waals surface area contributed by atoms with Gasteiger partial charge in [0.2, 0.25) is 0 Å². The van der Waals surface area contributed by atoms with Crippen LogP contribution in [0.4, 0.5) is 0 Å². The van der Waals surface area contributed by atoms with Crippen LogP contribution in [0.2, 0.25) is 0 Å². The molecule has 0 spiro atoms. The number of hydrogen-bond donors (Lipinski definition) is 0. The van der Waals surface area contributed by atoms with Gasteiger partial charge in [0.05, 0.1) is 12.7 Å². The van der Waals surface area contributed by atoms with Crippen molar-refractivity contribution < 1.29 is 4.74 Å². The molecule has 1 atom stereocenters. The minimum Gasteiger partial charge on any atom is -0.373 e. The molecular formula is C18H24O. The number of fused-ring (bicyclic) bond motifs is 1. The van der Waals surface area contributed by atoms with Gasteiger partial charge in [-0.15, -0.1) is 0 Å². The molecule has 0 bridgehead atoms. The summed E-state index contributed by atoms with van der Waals surface area (Å²) in [6, 6.07) is 15.0. The molecule has 1 heteroatoms. The van der Waals surface area contributed by atoms with Crippen LogP contribution < -0.4 is 0 Å². The van der Waals surface area contributed by atoms with E-state index in [0.717, 1.165) is 6.42 Å². The van der Waals surface area contributed by atoms with Crippen LogP contribution in [-0.2, 0) is 11.3 Å². The van der Waals surface area contributed by atoms with Crippen LogP contribution in [0.3, 0.4) is 0 Å². The molecule has 0 amide bonds. The van der Waals surface area contributed by atoms with E-state index in [1.807, 2.05) is 0 Å². The highest BCUT2D eigenvalue weighted by atomic mass is 16.5. The minimum atomic E-state index is 0.233. The number of benzene rings is 2. The first-order valence-electron chi connectivity index (χ1n) is 7.12. The molecule has 0 aromatic heterocycles. The molecule has 1 nitrogen and oxygen atoms in total. The van der Waals surface area contributed by atoms with E-state index >= 15 is 0 Å². The molecule has 2 aromatic rings. The number of rotatable bonds is 5. The molecule has 0 aliphatic heterocycles. The maximum Gasteiger partial charge on any atom is 0.0721 e. The third-order valence-electron chi connectivity index (χ3n) is 4.33. The van der Waals surface area contributed by atoms with Gasteiger partial charge in [-0.1, -0.05) is 57.2 Å². The fourth-order valence-electron chi connectivity index (χ4n) is 2.06. The topological polar surface area (TPSA) is 9.23 Å². The lowest BCUT2D eigenvalue weighted by molar-refractivity contribution is -0.0248. The van der Waals surface area contributed by atoms with Gasteiger partial charge in [0.15, 0.2) is 0 Å². The van der Waals surface area contributed by atoms with Gasteiger partial charge in [0.25, 0.3) is 0 Å². The smallest absolute Gasteiger partial charge is 0.0721 e. The van der Waals surface area contributed by atoms with E-state index in [2.05, 4.69) is 70.2 Å². The van der Waals surface area contributed by atoms with Crippen molar-refractivity contribution in [1.82, 2.24) is 0 Å². The molecule has 0 fully saturated rings. The minimum absolute atomic E-state index is 0.233. The van der Waals surface area contributed by atoms with Crippen molar-refractivity contribution in [1.29, 1.82) is 0 Å². The Hall–Kier alpha value is -1.34. The fourth-order valence-corrected chi connectivity index (χ4v) is 2.06. The first-order valence-corrected chi connectivity index (χ1v) is 7.12. The summed E-state index contributed by atoms with van der Waals surface area (Å²) in [5.41, 5.74) is 1.48. The normalized spacial score (nSPS) is 13.7. The van der Waals surface area contributed by atoms with Gasteiger partial charge in [-0.25, -0.2) is 0 Å². The fraction of sp³-hybridized carbons (Fsp3) is 0.444. The highest BCUT2D eigenvalue weighted by Crippen LogP contribution is 2.27. The monoisotopic (exact) mass is 256 g/mol. The Kier molecular flexibility index (Phi) is 4.26. The van der Waals surface area contributed by atoms with Crippen molar-refractivity contribution in [3.63, 3.8) is 0 Å². The summed E-state index contributed by atoms with van der Waals surface area (Å²) in [5, 5.41) is 2.57. The highest BCUT2D eigenvalue weighted by molar-refractivity contribution is 5.82. The Bertz CT molecular complexity index is 542. The van der Waals surface area contributed by atoms with Crippen LogP contribution in [0.25, 0.3) is 10.8 Å². The van der Waals surface area contributed by atoms with Crippen molar-refractivity contribution in [3.8, 4) is 0 Å². The summed E-state index contributed by atoms with van der Waals surface area (Å²) >= 11 is 0. The summed E-state index contributed by atoms with van der Waals surface area (Å²) in [4.78, 5) is 0. The van der Waals surface area contributed by atoms with Crippen LogP contribution in [-0.4, -0.2) is 6.10 Å². The van der Waals surface area contributed by atoms with E-state index in [1.165, 1.54) is 16.3 Å². The number of ether oxygens (including phenoxy) is 1. The maximum atomic E-state index is 6.03. The van der Waals surface area contributed by atoms with Crippen LogP contribution in [0, 0.1) is 5.41 Å². The Morgan fingerprint density at radius 1 is 1.05 bits per heavy atom. The van der Waals surface area contributed by atoms with E-state index < -0.39 is 0 Å². The molecule has 2 aromatic carbocycles. The van der Waals surface area contributed by atoms with Gasteiger partial charge in [-0.3, -0.25) is 0 Å². The average Bonchev–Trinajstić information content (AvgIpc) is 2.44. The molecular weight excluding hydrogens is 232 g/mol. The zero-order valence-corrected chi connectivity index (χ0v) is 12.4. The zero-order chi connectivity index (χ0) is 13.9. The third-order valence-corrected chi connectivity index (χ3v) is 4.33. The summed E-state index contributed by atoms with van der Waals surface area (Å²) in [6.07, 6.45) is 1.40. The largest absolute Gasteiger partial charge is 0.373 e. The molecule has 0 saturated heterocycles. The molecule has 2 rings (SSSR count). The predicted molar refractivity (Wildman–Crippen MR) is 82.3 cm³/mol. The average molecular weight is 256 g/mol. The second-order valence-corrected chi connectivity index (χ2v) is 5.98. The first-order chi connectivity index (χ1) is 9.03. The highest BCUT2D eigenvalue weighted by Gasteiger charge is 2.24. The van der Waals surface area contributed by atoms with Crippen molar-refractivity contribution in [3.05, 3.63) is 48.0 Å². The summed E-state index contributed by atoms with van der Waals surface area (Å²) in [5.74, 6) is 0. The van der Waals surface area contributed by atoms with E-state index in [4.69, 9.17) is 4.74 Å². The van der Waals surface area contributed by atoms with Crippen molar-refractivity contribution in [2.75, 3.05) is 0 Å². The second-order valence-electron chi connectivity index (χ2n) is 5.98. The van der Waals surface area contributed by atoms with E-state index in [0.29, 0.717) is 6.61 Å². The number of hydrogen-bond acceptors (Lipinski definition) is 1. The lowest BCUT2D eigenvalue weighted by Gasteiger charge is -2.30. The molecule has 0 radical (unpaired) electrons. The van der Waals surface area contributed by atoms with Gasteiger partial charge in [-0.2, -0.15) is 0 Å². The summed E-state index contributed by atoms with van der Waals surface area (Å²) in [6.45, 7) is 9.60. The van der Waals surface area contributed by atoms with Crippen molar-refractivity contribution in [2.45, 2.75) is 46.8 Å². The molecule has 0 N–H and O–H groups in total. The summed E-state index contributed by atoms with van der Waals surface area (Å²) in [7, 11) is 0. The maximum absolute atomic E-state index is 6.03. The summed E-state index contributed by atoms with van der Waals surface area (Å²) < 4.78 is 6.03. The van der Waals surface area contributed by atoms with Crippen molar-refractivity contribution in [2.24, 2.45) is 5.41 Å². The molecule has 0 heterocycles. The van der Waals surface area contributed by atoms with Crippen LogP contribution in [0.1, 0.15) is 39.7 Å². The molecule has 19 heavy (non-hydrogen) atoms. The third kappa shape index (κ3) is 3.36. The lowest BCUT2D eigenvalue weighted by atomic mass is 9.85. The van der Waals surface area contributed by atoms with Crippen LogP contribution in [0.5, 0.6) is 0 Å². The molecule has 0 aliphatic carbocycles. The van der Waals surface area contributed by atoms with Gasteiger partial charge in [-0.05, 0) is 41.2 Å². The Morgan fingerprint density at radius 2 is 1.74 bits per heavy atom. The Balaban J connectivity index is 2.06. The van der Waals surface area contributed by atoms with E-state index in [1.54, 1.807) is 0 Å². The van der Waals surface area contributed by atoms with Crippen LogP contribution in [0.15, 0.2) is 42.5 Å². The van der Waals surface area contributed by atoms with Crippen molar-refractivity contribution >= 4 is 10.8 Å². The van der Waals surface area contributed by atoms with Gasteiger partial charge in [0, 0.05) is 0 Å². The van der Waals surface area contributed by atoms with Gasteiger partial charge >= 0.3 is 0 Å².